The maximum absolute atomic E-state index is 11.7. The van der Waals surface area contributed by atoms with Gasteiger partial charge in [-0.15, -0.1) is 0 Å². The van der Waals surface area contributed by atoms with Gasteiger partial charge in [-0.25, -0.2) is 9.97 Å². The molecule has 0 radical (unpaired) electrons. The minimum absolute atomic E-state index is 0.0775. The van der Waals surface area contributed by atoms with Crippen LogP contribution in [-0.2, 0) is 16.1 Å². The fourth-order valence-corrected chi connectivity index (χ4v) is 4.22. The molecule has 0 unspecified atom stereocenters. The van der Waals surface area contributed by atoms with Crippen molar-refractivity contribution in [2.45, 2.75) is 46.3 Å². The largest absolute Gasteiger partial charge is 0.474 e. The fourth-order valence-electron chi connectivity index (χ4n) is 4.22. The number of aromatic nitrogens is 3. The topological polar surface area (TPSA) is 69.5 Å². The lowest BCUT2D eigenvalue weighted by atomic mass is 10.1. The molecule has 0 N–H and O–H groups in total. The van der Waals surface area contributed by atoms with E-state index >= 15 is 0 Å². The summed E-state index contributed by atoms with van der Waals surface area (Å²) in [6, 6.07) is 10.4. The van der Waals surface area contributed by atoms with E-state index in [4.69, 9.17) is 9.47 Å². The van der Waals surface area contributed by atoms with Gasteiger partial charge < -0.3 is 14.0 Å². The second-order valence-corrected chi connectivity index (χ2v) is 8.06. The summed E-state index contributed by atoms with van der Waals surface area (Å²) in [7, 11) is 0. The zero-order chi connectivity index (χ0) is 21.8. The third kappa shape index (κ3) is 4.71. The maximum atomic E-state index is 11.7. The van der Waals surface area contributed by atoms with Crippen molar-refractivity contribution >= 4 is 17.0 Å². The molecular weight excluding hydrogens is 392 g/mol. The van der Waals surface area contributed by atoms with E-state index < -0.39 is 0 Å². The van der Waals surface area contributed by atoms with Crippen molar-refractivity contribution < 1.29 is 14.3 Å². The summed E-state index contributed by atoms with van der Waals surface area (Å²) < 4.78 is 13.6. The normalized spacial score (nSPS) is 15.3. The van der Waals surface area contributed by atoms with Crippen LogP contribution < -0.4 is 4.74 Å². The average molecular weight is 423 g/mol. The highest BCUT2D eigenvalue weighted by atomic mass is 16.5. The van der Waals surface area contributed by atoms with E-state index in [1.807, 2.05) is 13.0 Å². The number of hydrogen-bond donors (Lipinski definition) is 0. The third-order valence-corrected chi connectivity index (χ3v) is 6.03. The first kappa shape index (κ1) is 21.3. The lowest BCUT2D eigenvalue weighted by Gasteiger charge is -2.31. The number of hydrogen-bond acceptors (Lipinski definition) is 6. The van der Waals surface area contributed by atoms with Crippen LogP contribution in [0.1, 0.15) is 36.6 Å². The summed E-state index contributed by atoms with van der Waals surface area (Å²) in [6.07, 6.45) is 3.38. The molecule has 0 atom stereocenters. The Hall–Kier alpha value is -2.93. The minimum atomic E-state index is -0.162. The number of fused-ring (bicyclic) bond motifs is 1. The van der Waals surface area contributed by atoms with Crippen LogP contribution in [0.5, 0.6) is 5.88 Å². The van der Waals surface area contributed by atoms with E-state index in [2.05, 4.69) is 57.5 Å². The Balaban J connectivity index is 1.49. The van der Waals surface area contributed by atoms with Gasteiger partial charge in [0.15, 0.2) is 0 Å². The number of nitrogens with zero attached hydrogens (tertiary/aromatic N) is 4. The Kier molecular flexibility index (Phi) is 6.51. The van der Waals surface area contributed by atoms with Gasteiger partial charge in [-0.1, -0.05) is 30.3 Å². The van der Waals surface area contributed by atoms with Crippen molar-refractivity contribution in [1.82, 2.24) is 19.4 Å². The van der Waals surface area contributed by atoms with Crippen molar-refractivity contribution in [1.29, 1.82) is 0 Å². The van der Waals surface area contributed by atoms with Gasteiger partial charge in [0.05, 0.1) is 18.5 Å². The summed E-state index contributed by atoms with van der Waals surface area (Å²) in [5, 5.41) is 0.991. The number of rotatable bonds is 7. The Morgan fingerprint density at radius 3 is 2.58 bits per heavy atom. The van der Waals surface area contributed by atoms with Gasteiger partial charge in [0.1, 0.15) is 18.1 Å². The molecule has 7 heteroatoms. The van der Waals surface area contributed by atoms with Crippen LogP contribution in [0.2, 0.25) is 0 Å². The first-order valence-corrected chi connectivity index (χ1v) is 11.0. The van der Waals surface area contributed by atoms with Crippen LogP contribution in [0.4, 0.5) is 0 Å². The molecule has 1 saturated heterocycles. The molecule has 0 saturated carbocycles. The van der Waals surface area contributed by atoms with Gasteiger partial charge in [0, 0.05) is 25.3 Å². The van der Waals surface area contributed by atoms with Crippen molar-refractivity contribution in [3.8, 4) is 5.88 Å². The molecule has 3 heterocycles. The van der Waals surface area contributed by atoms with Gasteiger partial charge in [0.2, 0.25) is 5.88 Å². The van der Waals surface area contributed by atoms with Gasteiger partial charge in [0.25, 0.3) is 0 Å². The van der Waals surface area contributed by atoms with Gasteiger partial charge in [-0.3, -0.25) is 9.69 Å². The standard InChI is InChI=1S/C24H30N4O3/c1-4-30-21(29)15-27-12-10-20(11-13-27)31-24-22-17(2)18(3)28(23(22)25-16-26-24)14-19-8-6-5-7-9-19/h5-9,16,20H,4,10-15H2,1-3H3. The molecule has 0 spiro atoms. The monoisotopic (exact) mass is 422 g/mol. The zero-order valence-electron chi connectivity index (χ0n) is 18.5. The van der Waals surface area contributed by atoms with Gasteiger partial charge in [-0.2, -0.15) is 0 Å². The van der Waals surface area contributed by atoms with E-state index in [1.54, 1.807) is 6.33 Å². The van der Waals surface area contributed by atoms with Crippen LogP contribution in [0.3, 0.4) is 0 Å². The van der Waals surface area contributed by atoms with E-state index in [-0.39, 0.29) is 12.1 Å². The van der Waals surface area contributed by atoms with Crippen molar-refractivity contribution in [3.63, 3.8) is 0 Å². The molecular formula is C24H30N4O3. The first-order valence-electron chi connectivity index (χ1n) is 11.0. The van der Waals surface area contributed by atoms with Gasteiger partial charge >= 0.3 is 5.97 Å². The van der Waals surface area contributed by atoms with Crippen molar-refractivity contribution in [2.24, 2.45) is 0 Å². The van der Waals surface area contributed by atoms with Gasteiger partial charge in [-0.05, 0) is 44.7 Å². The number of benzene rings is 1. The van der Waals surface area contributed by atoms with Crippen LogP contribution in [-0.4, -0.2) is 57.7 Å². The highest BCUT2D eigenvalue weighted by Crippen LogP contribution is 2.32. The number of esters is 1. The Morgan fingerprint density at radius 1 is 1.13 bits per heavy atom. The molecule has 7 nitrogen and oxygen atoms in total. The SMILES string of the molecule is CCOC(=O)CN1CCC(Oc2ncnc3c2c(C)c(C)n3Cc2ccccc2)CC1. The summed E-state index contributed by atoms with van der Waals surface area (Å²) >= 11 is 0. The highest BCUT2D eigenvalue weighted by Gasteiger charge is 2.25. The van der Waals surface area contributed by atoms with E-state index in [1.165, 1.54) is 11.3 Å². The Bertz CT molecular complexity index is 1040. The van der Waals surface area contributed by atoms with Crippen LogP contribution in [0, 0.1) is 13.8 Å². The predicted octanol–water partition coefficient (Wildman–Crippen LogP) is 3.50. The van der Waals surface area contributed by atoms with E-state index in [9.17, 15) is 4.79 Å². The third-order valence-electron chi connectivity index (χ3n) is 6.03. The summed E-state index contributed by atoms with van der Waals surface area (Å²) in [4.78, 5) is 22.9. The quantitative estimate of drug-likeness (QED) is 0.543. The number of piperidine rings is 1. The highest BCUT2D eigenvalue weighted by molar-refractivity contribution is 5.86. The number of ether oxygens (including phenoxy) is 2. The summed E-state index contributed by atoms with van der Waals surface area (Å²) in [5.74, 6) is 0.492. The molecule has 31 heavy (non-hydrogen) atoms. The Morgan fingerprint density at radius 2 is 1.87 bits per heavy atom. The zero-order valence-corrected chi connectivity index (χ0v) is 18.5. The second kappa shape index (κ2) is 9.47. The molecule has 3 aromatic rings. The maximum Gasteiger partial charge on any atom is 0.320 e. The number of aryl methyl sites for hydroxylation is 1. The molecule has 2 aromatic heterocycles. The molecule has 0 aliphatic carbocycles. The molecule has 1 aliphatic rings. The Labute approximate surface area is 183 Å². The predicted molar refractivity (Wildman–Crippen MR) is 119 cm³/mol. The fraction of sp³-hybridized carbons (Fsp3) is 0.458. The molecule has 164 valence electrons. The van der Waals surface area contributed by atoms with Crippen LogP contribution in [0.15, 0.2) is 36.7 Å². The number of carbonyl (C=O) groups is 1. The molecule has 0 amide bonds. The van der Waals surface area contributed by atoms with E-state index in [0.29, 0.717) is 19.0 Å². The van der Waals surface area contributed by atoms with Crippen LogP contribution >= 0.6 is 0 Å². The molecule has 4 rings (SSSR count). The van der Waals surface area contributed by atoms with Crippen molar-refractivity contribution in [2.75, 3.05) is 26.2 Å². The number of likely N-dealkylation sites (tertiary alicyclic amines) is 1. The molecule has 1 aliphatic heterocycles. The second-order valence-electron chi connectivity index (χ2n) is 8.06. The summed E-state index contributed by atoms with van der Waals surface area (Å²) in [6.45, 7) is 9.21. The average Bonchev–Trinajstić information content (AvgIpc) is 3.02. The first-order chi connectivity index (χ1) is 15.1. The summed E-state index contributed by atoms with van der Waals surface area (Å²) in [5.41, 5.74) is 4.47. The van der Waals surface area contributed by atoms with E-state index in [0.717, 1.165) is 49.1 Å². The van der Waals surface area contributed by atoms with Crippen LogP contribution in [0.25, 0.3) is 11.0 Å². The lowest BCUT2D eigenvalue weighted by molar-refractivity contribution is -0.144. The molecule has 0 bridgehead atoms. The molecule has 1 fully saturated rings. The lowest BCUT2D eigenvalue weighted by Crippen LogP contribution is -2.41. The minimum Gasteiger partial charge on any atom is -0.474 e. The molecule has 1 aromatic carbocycles. The van der Waals surface area contributed by atoms with Crippen molar-refractivity contribution in [3.05, 3.63) is 53.5 Å². The smallest absolute Gasteiger partial charge is 0.320 e. The number of carbonyl (C=O) groups excluding carboxylic acids is 1.